The van der Waals surface area contributed by atoms with E-state index in [1.54, 1.807) is 29.9 Å². The summed E-state index contributed by atoms with van der Waals surface area (Å²) in [6.07, 6.45) is 6.18. The third-order valence-corrected chi connectivity index (χ3v) is 4.36. The van der Waals surface area contributed by atoms with Crippen molar-refractivity contribution in [1.29, 1.82) is 0 Å². The Hall–Kier alpha value is -2.80. The van der Waals surface area contributed by atoms with Crippen LogP contribution in [-0.4, -0.2) is 31.5 Å². The van der Waals surface area contributed by atoms with E-state index in [-0.39, 0.29) is 0 Å². The summed E-state index contributed by atoms with van der Waals surface area (Å²) in [7, 11) is 0. The van der Waals surface area contributed by atoms with E-state index in [9.17, 15) is 0 Å². The minimum atomic E-state index is 0.610. The van der Waals surface area contributed by atoms with E-state index in [1.807, 2.05) is 12.1 Å². The summed E-state index contributed by atoms with van der Waals surface area (Å²) in [6.45, 7) is 0.803. The fourth-order valence-corrected chi connectivity index (χ4v) is 3.00. The molecule has 0 atom stereocenters. The lowest BCUT2D eigenvalue weighted by Crippen LogP contribution is -2.07. The number of rotatable bonds is 5. The third-order valence-electron chi connectivity index (χ3n) is 3.43. The summed E-state index contributed by atoms with van der Waals surface area (Å²) in [5, 5.41) is 5.34. The van der Waals surface area contributed by atoms with Gasteiger partial charge in [0.25, 0.3) is 0 Å². The molecular formula is C16H14N6S. The van der Waals surface area contributed by atoms with Crippen molar-refractivity contribution in [3.8, 4) is 11.4 Å². The van der Waals surface area contributed by atoms with Crippen LogP contribution in [0.1, 0.15) is 4.88 Å². The second-order valence-corrected chi connectivity index (χ2v) is 6.04. The van der Waals surface area contributed by atoms with E-state index in [0.29, 0.717) is 5.95 Å². The maximum Gasteiger partial charge on any atom is 0.224 e. The van der Waals surface area contributed by atoms with Gasteiger partial charge in [-0.1, -0.05) is 6.07 Å². The minimum Gasteiger partial charge on any atom is -0.354 e. The highest BCUT2D eigenvalue weighted by Crippen LogP contribution is 2.18. The van der Waals surface area contributed by atoms with Gasteiger partial charge in [-0.15, -0.1) is 11.3 Å². The molecule has 7 heteroatoms. The molecule has 2 N–H and O–H groups in total. The van der Waals surface area contributed by atoms with Crippen LogP contribution in [0, 0.1) is 0 Å². The van der Waals surface area contributed by atoms with Crippen molar-refractivity contribution in [2.75, 3.05) is 11.9 Å². The molecule has 0 aliphatic rings. The van der Waals surface area contributed by atoms with Gasteiger partial charge in [-0.05, 0) is 30.0 Å². The van der Waals surface area contributed by atoms with Gasteiger partial charge in [-0.25, -0.2) is 9.97 Å². The maximum atomic E-state index is 4.51. The number of imidazole rings is 1. The summed E-state index contributed by atoms with van der Waals surface area (Å²) in [6, 6.07) is 8.01. The van der Waals surface area contributed by atoms with Crippen LogP contribution in [0.25, 0.3) is 22.6 Å². The van der Waals surface area contributed by atoms with Crippen molar-refractivity contribution in [1.82, 2.24) is 24.9 Å². The quantitative estimate of drug-likeness (QED) is 0.590. The molecule has 0 aliphatic carbocycles. The van der Waals surface area contributed by atoms with Gasteiger partial charge in [0.2, 0.25) is 5.95 Å². The van der Waals surface area contributed by atoms with Gasteiger partial charge in [-0.2, -0.15) is 4.98 Å². The number of aromatic amines is 1. The minimum absolute atomic E-state index is 0.610. The summed E-state index contributed by atoms with van der Waals surface area (Å²) in [5.74, 6) is 1.38. The van der Waals surface area contributed by atoms with Crippen LogP contribution in [0.5, 0.6) is 0 Å². The van der Waals surface area contributed by atoms with Gasteiger partial charge < -0.3 is 10.3 Å². The first-order valence-electron chi connectivity index (χ1n) is 7.28. The Morgan fingerprint density at radius 3 is 2.87 bits per heavy atom. The fraction of sp³-hybridized carbons (Fsp3) is 0.125. The summed E-state index contributed by atoms with van der Waals surface area (Å²) in [5.41, 5.74) is 2.45. The Bertz CT molecular complexity index is 901. The first kappa shape index (κ1) is 13.8. The Morgan fingerprint density at radius 2 is 2.04 bits per heavy atom. The summed E-state index contributed by atoms with van der Waals surface area (Å²) >= 11 is 1.76. The second kappa shape index (κ2) is 6.13. The molecule has 0 radical (unpaired) electrons. The number of hydrogen-bond donors (Lipinski definition) is 2. The first-order valence-corrected chi connectivity index (χ1v) is 8.16. The van der Waals surface area contributed by atoms with Crippen LogP contribution in [0.4, 0.5) is 5.95 Å². The molecule has 114 valence electrons. The summed E-state index contributed by atoms with van der Waals surface area (Å²) < 4.78 is 0. The average molecular weight is 322 g/mol. The zero-order valence-corrected chi connectivity index (χ0v) is 13.0. The molecule has 4 heterocycles. The van der Waals surface area contributed by atoms with E-state index in [2.05, 4.69) is 47.7 Å². The smallest absolute Gasteiger partial charge is 0.224 e. The van der Waals surface area contributed by atoms with Gasteiger partial charge in [0, 0.05) is 29.4 Å². The lowest BCUT2D eigenvalue weighted by molar-refractivity contribution is 1.01. The molecule has 4 aromatic rings. The Morgan fingerprint density at radius 1 is 1.13 bits per heavy atom. The van der Waals surface area contributed by atoms with E-state index in [0.717, 1.165) is 35.5 Å². The molecular weight excluding hydrogens is 308 g/mol. The molecule has 0 aliphatic heterocycles. The molecule has 23 heavy (non-hydrogen) atoms. The van der Waals surface area contributed by atoms with Gasteiger partial charge in [0.15, 0.2) is 5.65 Å². The molecule has 0 aromatic carbocycles. The number of aromatic nitrogens is 5. The molecule has 0 amide bonds. The zero-order chi connectivity index (χ0) is 15.5. The van der Waals surface area contributed by atoms with Crippen LogP contribution >= 0.6 is 11.3 Å². The van der Waals surface area contributed by atoms with E-state index >= 15 is 0 Å². The third kappa shape index (κ3) is 3.04. The lowest BCUT2D eigenvalue weighted by atomic mass is 10.3. The molecule has 0 saturated carbocycles. The zero-order valence-electron chi connectivity index (χ0n) is 12.2. The average Bonchev–Trinajstić information content (AvgIpc) is 3.24. The lowest BCUT2D eigenvalue weighted by Gasteiger charge is -2.02. The Kier molecular flexibility index (Phi) is 3.69. The SMILES string of the molecule is c1csc(CCNc2ncc3nc(-c4ccncc4)[nH]c3n2)c1. The molecule has 0 bridgehead atoms. The number of H-pyrrole nitrogens is 1. The number of thiophene rings is 1. The van der Waals surface area contributed by atoms with E-state index in [4.69, 9.17) is 0 Å². The van der Waals surface area contributed by atoms with Gasteiger partial charge in [0.1, 0.15) is 11.3 Å². The number of nitrogens with one attached hydrogen (secondary N) is 2. The number of hydrogen-bond acceptors (Lipinski definition) is 6. The van der Waals surface area contributed by atoms with Crippen LogP contribution in [-0.2, 0) is 6.42 Å². The topological polar surface area (TPSA) is 79.4 Å². The molecule has 0 fully saturated rings. The fourth-order valence-electron chi connectivity index (χ4n) is 2.29. The van der Waals surface area contributed by atoms with E-state index < -0.39 is 0 Å². The van der Waals surface area contributed by atoms with Gasteiger partial charge in [-0.3, -0.25) is 4.98 Å². The highest BCUT2D eigenvalue weighted by Gasteiger charge is 2.07. The van der Waals surface area contributed by atoms with Crippen LogP contribution in [0.2, 0.25) is 0 Å². The number of pyridine rings is 1. The first-order chi connectivity index (χ1) is 11.4. The highest BCUT2D eigenvalue weighted by molar-refractivity contribution is 7.09. The van der Waals surface area contributed by atoms with Crippen molar-refractivity contribution in [2.45, 2.75) is 6.42 Å². The molecule has 4 aromatic heterocycles. The largest absolute Gasteiger partial charge is 0.354 e. The molecule has 4 rings (SSSR count). The van der Waals surface area contributed by atoms with Gasteiger partial charge >= 0.3 is 0 Å². The number of nitrogens with zero attached hydrogens (tertiary/aromatic N) is 4. The second-order valence-electron chi connectivity index (χ2n) is 5.00. The number of anilines is 1. The van der Waals surface area contributed by atoms with Crippen LogP contribution in [0.3, 0.4) is 0 Å². The predicted molar refractivity (Wildman–Crippen MR) is 91.4 cm³/mol. The monoisotopic (exact) mass is 322 g/mol. The predicted octanol–water partition coefficient (Wildman–Crippen LogP) is 3.13. The van der Waals surface area contributed by atoms with Crippen LogP contribution < -0.4 is 5.32 Å². The molecule has 0 spiro atoms. The normalized spacial score (nSPS) is 11.0. The molecule has 0 unspecified atom stereocenters. The highest BCUT2D eigenvalue weighted by atomic mass is 32.1. The van der Waals surface area contributed by atoms with Crippen molar-refractivity contribution in [3.05, 3.63) is 53.1 Å². The summed E-state index contributed by atoms with van der Waals surface area (Å²) in [4.78, 5) is 21.9. The molecule has 0 saturated heterocycles. The van der Waals surface area contributed by atoms with Crippen molar-refractivity contribution >= 4 is 28.4 Å². The van der Waals surface area contributed by atoms with Crippen molar-refractivity contribution in [2.24, 2.45) is 0 Å². The van der Waals surface area contributed by atoms with Crippen LogP contribution in [0.15, 0.2) is 48.2 Å². The molecule has 6 nitrogen and oxygen atoms in total. The Labute approximate surface area is 136 Å². The van der Waals surface area contributed by atoms with Gasteiger partial charge in [0.05, 0.1) is 6.20 Å². The van der Waals surface area contributed by atoms with Crippen molar-refractivity contribution in [3.63, 3.8) is 0 Å². The maximum absolute atomic E-state index is 4.51. The van der Waals surface area contributed by atoms with E-state index in [1.165, 1.54) is 4.88 Å². The standard InChI is InChI=1S/C16H14N6S/c1-2-12(23-9-1)5-8-18-16-19-10-13-15(22-16)21-14(20-13)11-3-6-17-7-4-11/h1-4,6-7,9-10H,5,8H2,(H2,18,19,20,21,22). The Balaban J connectivity index is 1.51. The number of fused-ring (bicyclic) bond motifs is 1. The van der Waals surface area contributed by atoms with Crippen molar-refractivity contribution < 1.29 is 0 Å².